The van der Waals surface area contributed by atoms with E-state index in [2.05, 4.69) is 0 Å². The minimum absolute atomic E-state index is 0.0908. The summed E-state index contributed by atoms with van der Waals surface area (Å²) in [6, 6.07) is 10.5. The molecule has 0 N–H and O–H groups in total. The number of hydrogen-bond donors (Lipinski definition) is 0. The van der Waals surface area contributed by atoms with Crippen LogP contribution < -0.4 is 5.69 Å². The van der Waals surface area contributed by atoms with Crippen molar-refractivity contribution < 1.29 is 17.6 Å². The molecule has 0 spiro atoms. The zero-order valence-electron chi connectivity index (χ0n) is 16.7. The number of nitrogens with zero attached hydrogens (tertiary/aromatic N) is 4. The third-order valence-corrected chi connectivity index (χ3v) is 7.65. The first-order valence-corrected chi connectivity index (χ1v) is 11.4. The van der Waals surface area contributed by atoms with Gasteiger partial charge in [0.15, 0.2) is 0 Å². The van der Waals surface area contributed by atoms with Gasteiger partial charge in [0.05, 0.1) is 21.0 Å². The van der Waals surface area contributed by atoms with Gasteiger partial charge in [-0.1, -0.05) is 23.7 Å². The number of halogens is 2. The molecule has 0 radical (unpaired) electrons. The number of aromatic nitrogens is 2. The number of carbonyl (C=O) groups is 1. The summed E-state index contributed by atoms with van der Waals surface area (Å²) in [5, 5.41) is -0.268. The minimum atomic E-state index is -3.86. The topological polar surface area (TPSA) is 84.6 Å². The molecule has 11 heteroatoms. The zero-order valence-corrected chi connectivity index (χ0v) is 18.2. The highest BCUT2D eigenvalue weighted by Gasteiger charge is 2.31. The standard InChI is InChI=1S/C20H20ClFN4O4S/c1-23-17-4-2-3-5-18(17)26(20(23)28)13-19(27)24-8-10-25(11-9-24)31(29,30)14-6-7-16(22)15(21)12-14/h2-7,12H,8-11,13H2,1H3. The maximum absolute atomic E-state index is 13.4. The average Bonchev–Trinajstić information content (AvgIpc) is 3.00. The Morgan fingerprint density at radius 3 is 2.35 bits per heavy atom. The number of piperazine rings is 1. The van der Waals surface area contributed by atoms with Gasteiger partial charge in [-0.3, -0.25) is 13.9 Å². The molecule has 0 unspecified atom stereocenters. The van der Waals surface area contributed by atoms with E-state index in [1.54, 1.807) is 19.2 Å². The van der Waals surface area contributed by atoms with E-state index in [1.807, 2.05) is 12.1 Å². The van der Waals surface area contributed by atoms with E-state index in [-0.39, 0.29) is 54.2 Å². The van der Waals surface area contributed by atoms with E-state index < -0.39 is 15.8 Å². The van der Waals surface area contributed by atoms with Gasteiger partial charge in [-0.2, -0.15) is 4.31 Å². The molecule has 1 aliphatic heterocycles. The second-order valence-electron chi connectivity index (χ2n) is 7.28. The Morgan fingerprint density at radius 2 is 1.71 bits per heavy atom. The van der Waals surface area contributed by atoms with Crippen molar-refractivity contribution in [1.82, 2.24) is 18.3 Å². The predicted molar refractivity (Wildman–Crippen MR) is 114 cm³/mol. The molecule has 4 rings (SSSR count). The van der Waals surface area contributed by atoms with Crippen LogP contribution >= 0.6 is 11.6 Å². The fourth-order valence-electron chi connectivity index (χ4n) is 3.72. The summed E-state index contributed by atoms with van der Waals surface area (Å²) in [7, 11) is -2.21. The van der Waals surface area contributed by atoms with Gasteiger partial charge < -0.3 is 4.90 Å². The number of fused-ring (bicyclic) bond motifs is 1. The van der Waals surface area contributed by atoms with Crippen LogP contribution in [0.15, 0.2) is 52.2 Å². The van der Waals surface area contributed by atoms with Crippen LogP contribution in [0.3, 0.4) is 0 Å². The molecule has 2 aromatic carbocycles. The van der Waals surface area contributed by atoms with Gasteiger partial charge in [-0.05, 0) is 30.3 Å². The van der Waals surface area contributed by atoms with Crippen LogP contribution in [0, 0.1) is 5.82 Å². The molecule has 164 valence electrons. The van der Waals surface area contributed by atoms with Crippen molar-refractivity contribution in [2.24, 2.45) is 7.05 Å². The van der Waals surface area contributed by atoms with Crippen LogP contribution in [0.5, 0.6) is 0 Å². The third-order valence-electron chi connectivity index (χ3n) is 5.47. The van der Waals surface area contributed by atoms with Gasteiger partial charge in [0.2, 0.25) is 15.9 Å². The van der Waals surface area contributed by atoms with Crippen molar-refractivity contribution in [3.63, 3.8) is 0 Å². The van der Waals surface area contributed by atoms with Crippen LogP contribution in [-0.4, -0.2) is 58.8 Å². The highest BCUT2D eigenvalue weighted by atomic mass is 35.5. The van der Waals surface area contributed by atoms with Gasteiger partial charge in [0, 0.05) is 33.2 Å². The number of rotatable bonds is 4. The summed E-state index contributed by atoms with van der Waals surface area (Å²) < 4.78 is 43.1. The molecule has 1 amide bonds. The molecule has 1 aliphatic rings. The normalized spacial score (nSPS) is 15.5. The highest BCUT2D eigenvalue weighted by molar-refractivity contribution is 7.89. The molecule has 0 bridgehead atoms. The summed E-state index contributed by atoms with van der Waals surface area (Å²) in [5.41, 5.74) is 1.11. The van der Waals surface area contributed by atoms with E-state index >= 15 is 0 Å². The van der Waals surface area contributed by atoms with Gasteiger partial charge in [0.1, 0.15) is 12.4 Å². The summed E-state index contributed by atoms with van der Waals surface area (Å²) in [5.74, 6) is -0.958. The molecule has 0 atom stereocenters. The van der Waals surface area contributed by atoms with E-state index in [4.69, 9.17) is 11.6 Å². The Balaban J connectivity index is 1.47. The lowest BCUT2D eigenvalue weighted by Crippen LogP contribution is -2.51. The fraction of sp³-hybridized carbons (Fsp3) is 0.300. The molecule has 8 nitrogen and oxygen atoms in total. The number of carbonyl (C=O) groups excluding carboxylic acids is 1. The Labute approximate surface area is 183 Å². The fourth-order valence-corrected chi connectivity index (χ4v) is 5.41. The van der Waals surface area contributed by atoms with Crippen LogP contribution in [0.25, 0.3) is 11.0 Å². The lowest BCUT2D eigenvalue weighted by molar-refractivity contribution is -0.133. The maximum atomic E-state index is 13.4. The minimum Gasteiger partial charge on any atom is -0.338 e. The number of aryl methyl sites for hydroxylation is 1. The molecule has 3 aromatic rings. The Morgan fingerprint density at radius 1 is 1.06 bits per heavy atom. The lowest BCUT2D eigenvalue weighted by Gasteiger charge is -2.34. The first-order chi connectivity index (χ1) is 14.7. The van der Waals surface area contributed by atoms with Gasteiger partial charge in [-0.25, -0.2) is 17.6 Å². The molecule has 1 aromatic heterocycles. The smallest absolute Gasteiger partial charge is 0.329 e. The van der Waals surface area contributed by atoms with E-state index in [9.17, 15) is 22.4 Å². The number of benzene rings is 2. The summed E-state index contributed by atoms with van der Waals surface area (Å²) in [4.78, 5) is 26.8. The van der Waals surface area contributed by atoms with E-state index in [0.717, 1.165) is 17.6 Å². The van der Waals surface area contributed by atoms with E-state index in [1.165, 1.54) is 24.4 Å². The van der Waals surface area contributed by atoms with Gasteiger partial charge in [-0.15, -0.1) is 0 Å². The SMILES string of the molecule is Cn1c(=O)n(CC(=O)N2CCN(S(=O)(=O)c3ccc(F)c(Cl)c3)CC2)c2ccccc21. The monoisotopic (exact) mass is 466 g/mol. The number of amides is 1. The zero-order chi connectivity index (χ0) is 22.3. The summed E-state index contributed by atoms with van der Waals surface area (Å²) in [6.07, 6.45) is 0. The quantitative estimate of drug-likeness (QED) is 0.585. The molecule has 1 saturated heterocycles. The highest BCUT2D eigenvalue weighted by Crippen LogP contribution is 2.23. The van der Waals surface area contributed by atoms with Crippen molar-refractivity contribution in [2.75, 3.05) is 26.2 Å². The molecule has 2 heterocycles. The molecule has 0 saturated carbocycles. The van der Waals surface area contributed by atoms with E-state index in [0.29, 0.717) is 5.52 Å². The van der Waals surface area contributed by atoms with Crippen molar-refractivity contribution in [2.45, 2.75) is 11.4 Å². The molecule has 31 heavy (non-hydrogen) atoms. The molecule has 0 aliphatic carbocycles. The Kier molecular flexibility index (Phi) is 5.63. The number of para-hydroxylation sites is 2. The van der Waals surface area contributed by atoms with Crippen molar-refractivity contribution in [3.05, 3.63) is 63.8 Å². The largest absolute Gasteiger partial charge is 0.338 e. The first-order valence-electron chi connectivity index (χ1n) is 9.57. The van der Waals surface area contributed by atoms with Crippen LogP contribution in [0.2, 0.25) is 5.02 Å². The molecule has 1 fully saturated rings. The maximum Gasteiger partial charge on any atom is 0.329 e. The first kappa shape index (κ1) is 21.5. The second kappa shape index (κ2) is 8.10. The second-order valence-corrected chi connectivity index (χ2v) is 9.62. The number of sulfonamides is 1. The lowest BCUT2D eigenvalue weighted by atomic mass is 10.3. The summed E-state index contributed by atoms with van der Waals surface area (Å²) in [6.45, 7) is 0.431. The van der Waals surface area contributed by atoms with Crippen LogP contribution in [-0.2, 0) is 28.4 Å². The van der Waals surface area contributed by atoms with Crippen LogP contribution in [0.4, 0.5) is 4.39 Å². The van der Waals surface area contributed by atoms with Crippen molar-refractivity contribution in [3.8, 4) is 0 Å². The van der Waals surface area contributed by atoms with Crippen LogP contribution in [0.1, 0.15) is 0 Å². The third kappa shape index (κ3) is 3.86. The van der Waals surface area contributed by atoms with Crippen molar-refractivity contribution in [1.29, 1.82) is 0 Å². The van der Waals surface area contributed by atoms with Crippen molar-refractivity contribution >= 4 is 38.6 Å². The molecular weight excluding hydrogens is 447 g/mol. The number of imidazole rings is 1. The molecular formula is C20H20ClFN4O4S. The Bertz CT molecular complexity index is 1330. The van der Waals surface area contributed by atoms with Gasteiger partial charge >= 0.3 is 5.69 Å². The summed E-state index contributed by atoms with van der Waals surface area (Å²) >= 11 is 5.72. The predicted octanol–water partition coefficient (Wildman–Crippen LogP) is 1.67. The number of hydrogen-bond acceptors (Lipinski definition) is 4. The average molecular weight is 467 g/mol. The Hall–Kier alpha value is -2.69. The van der Waals surface area contributed by atoms with Gasteiger partial charge in [0.25, 0.3) is 0 Å².